The van der Waals surface area contributed by atoms with Crippen molar-refractivity contribution in [1.82, 2.24) is 5.01 Å². The molecule has 0 N–H and O–H groups in total. The zero-order chi connectivity index (χ0) is 20.7. The Labute approximate surface area is 189 Å². The monoisotopic (exact) mass is 482 g/mol. The molecule has 0 saturated heterocycles. The van der Waals surface area contributed by atoms with Crippen molar-refractivity contribution >= 4 is 33.2 Å². The fourth-order valence-electron chi connectivity index (χ4n) is 3.99. The maximum absolute atomic E-state index is 6.40. The summed E-state index contributed by atoms with van der Waals surface area (Å²) in [5.41, 5.74) is 4.30. The number of benzene rings is 3. The number of ether oxygens (including phenoxy) is 2. The zero-order valence-corrected chi connectivity index (χ0v) is 18.7. The average molecular weight is 484 g/mol. The van der Waals surface area contributed by atoms with Gasteiger partial charge in [-0.3, -0.25) is 0 Å². The standard InChI is InChI=1S/C24H20BrClN2O2/c1-2-29-19-10-5-15(6-11-19)21-14-22-20-13-17(25)7-12-23(20)30-24(28(22)27-21)16-3-8-18(26)9-4-16/h3-13,22,24H,2,14H2,1H3/t22-,24+/m0/s1. The molecular formula is C24H20BrClN2O2. The summed E-state index contributed by atoms with van der Waals surface area (Å²) in [6.45, 7) is 2.64. The van der Waals surface area contributed by atoms with Gasteiger partial charge in [-0.2, -0.15) is 5.10 Å². The van der Waals surface area contributed by atoms with Gasteiger partial charge in [-0.25, -0.2) is 5.01 Å². The molecule has 0 bridgehead atoms. The maximum Gasteiger partial charge on any atom is 0.213 e. The van der Waals surface area contributed by atoms with E-state index in [0.717, 1.165) is 44.8 Å². The van der Waals surface area contributed by atoms with E-state index in [1.165, 1.54) is 0 Å². The second-order valence-electron chi connectivity index (χ2n) is 7.31. The molecule has 4 nitrogen and oxygen atoms in total. The van der Waals surface area contributed by atoms with E-state index in [1.807, 2.05) is 55.5 Å². The molecule has 3 aromatic carbocycles. The van der Waals surface area contributed by atoms with Gasteiger partial charge in [0.05, 0.1) is 18.4 Å². The highest BCUT2D eigenvalue weighted by atomic mass is 79.9. The van der Waals surface area contributed by atoms with Crippen molar-refractivity contribution in [3.63, 3.8) is 0 Å². The topological polar surface area (TPSA) is 34.1 Å². The molecular weight excluding hydrogens is 464 g/mol. The molecule has 0 radical (unpaired) electrons. The van der Waals surface area contributed by atoms with E-state index in [0.29, 0.717) is 11.6 Å². The molecule has 152 valence electrons. The lowest BCUT2D eigenvalue weighted by Gasteiger charge is -2.38. The van der Waals surface area contributed by atoms with Gasteiger partial charge in [-0.15, -0.1) is 0 Å². The summed E-state index contributed by atoms with van der Waals surface area (Å²) in [5.74, 6) is 1.76. The molecule has 2 aliphatic heterocycles. The first-order valence-corrected chi connectivity index (χ1v) is 11.1. The lowest BCUT2D eigenvalue weighted by atomic mass is 9.96. The smallest absolute Gasteiger partial charge is 0.213 e. The van der Waals surface area contributed by atoms with Crippen LogP contribution in [0.15, 0.2) is 76.3 Å². The van der Waals surface area contributed by atoms with Crippen LogP contribution in [0.25, 0.3) is 0 Å². The van der Waals surface area contributed by atoms with E-state index >= 15 is 0 Å². The zero-order valence-electron chi connectivity index (χ0n) is 16.4. The van der Waals surface area contributed by atoms with E-state index in [2.05, 4.69) is 39.1 Å². The lowest BCUT2D eigenvalue weighted by Crippen LogP contribution is -2.33. The van der Waals surface area contributed by atoms with Crippen molar-refractivity contribution in [2.45, 2.75) is 25.6 Å². The molecule has 2 aliphatic rings. The van der Waals surface area contributed by atoms with E-state index in [4.69, 9.17) is 26.2 Å². The molecule has 0 fully saturated rings. The minimum atomic E-state index is -0.304. The van der Waals surface area contributed by atoms with Gasteiger partial charge < -0.3 is 9.47 Å². The molecule has 0 aromatic heterocycles. The van der Waals surface area contributed by atoms with Crippen LogP contribution in [0.1, 0.15) is 42.3 Å². The Bertz CT molecular complexity index is 1100. The van der Waals surface area contributed by atoms with Gasteiger partial charge >= 0.3 is 0 Å². The molecule has 2 heterocycles. The SMILES string of the molecule is CCOc1ccc(C2=NN3[C@@H](c4ccc(Cl)cc4)Oc4ccc(Br)cc4[C@@H]3C2)cc1. The van der Waals surface area contributed by atoms with Gasteiger partial charge in [0.15, 0.2) is 0 Å². The minimum absolute atomic E-state index is 0.105. The first kappa shape index (κ1) is 19.5. The highest BCUT2D eigenvalue weighted by molar-refractivity contribution is 9.10. The number of nitrogens with zero attached hydrogens (tertiary/aromatic N) is 2. The maximum atomic E-state index is 6.40. The molecule has 0 amide bonds. The number of hydrogen-bond acceptors (Lipinski definition) is 4. The van der Waals surface area contributed by atoms with Crippen LogP contribution in [0.2, 0.25) is 5.02 Å². The fourth-order valence-corrected chi connectivity index (χ4v) is 4.49. The van der Waals surface area contributed by atoms with Crippen LogP contribution in [0.5, 0.6) is 11.5 Å². The fraction of sp³-hybridized carbons (Fsp3) is 0.208. The quantitative estimate of drug-likeness (QED) is 0.412. The third kappa shape index (κ3) is 3.57. The average Bonchev–Trinajstić information content (AvgIpc) is 3.21. The summed E-state index contributed by atoms with van der Waals surface area (Å²) in [6.07, 6.45) is 0.506. The number of hydrazone groups is 1. The molecule has 0 aliphatic carbocycles. The first-order valence-electron chi connectivity index (χ1n) is 9.93. The Morgan fingerprint density at radius 2 is 1.87 bits per heavy atom. The van der Waals surface area contributed by atoms with E-state index in [9.17, 15) is 0 Å². The highest BCUT2D eigenvalue weighted by Gasteiger charge is 2.41. The number of rotatable bonds is 4. The van der Waals surface area contributed by atoms with Gasteiger partial charge in [0.25, 0.3) is 0 Å². The second kappa shape index (κ2) is 7.97. The summed E-state index contributed by atoms with van der Waals surface area (Å²) < 4.78 is 13.0. The molecule has 0 saturated carbocycles. The summed E-state index contributed by atoms with van der Waals surface area (Å²) in [7, 11) is 0. The van der Waals surface area contributed by atoms with E-state index < -0.39 is 0 Å². The molecule has 5 rings (SSSR count). The molecule has 0 spiro atoms. The molecule has 0 unspecified atom stereocenters. The summed E-state index contributed by atoms with van der Waals surface area (Å²) in [6, 6.07) is 22.2. The second-order valence-corrected chi connectivity index (χ2v) is 8.66. The van der Waals surface area contributed by atoms with Gasteiger partial charge in [-0.05, 0) is 67.1 Å². The van der Waals surface area contributed by atoms with Gasteiger partial charge in [0.1, 0.15) is 11.5 Å². The Balaban J connectivity index is 1.54. The summed E-state index contributed by atoms with van der Waals surface area (Å²) in [5, 5.41) is 7.78. The van der Waals surface area contributed by atoms with Crippen LogP contribution >= 0.6 is 27.5 Å². The van der Waals surface area contributed by atoms with Crippen LogP contribution in [-0.4, -0.2) is 17.3 Å². The normalized spacial score (nSPS) is 19.6. The van der Waals surface area contributed by atoms with Gasteiger partial charge in [0.2, 0.25) is 6.23 Å². The third-order valence-electron chi connectivity index (χ3n) is 5.41. The van der Waals surface area contributed by atoms with Gasteiger partial charge in [0, 0.05) is 27.0 Å². The first-order chi connectivity index (χ1) is 14.6. The Morgan fingerprint density at radius 1 is 1.10 bits per heavy atom. The van der Waals surface area contributed by atoms with Crippen LogP contribution in [0, 0.1) is 0 Å². The number of fused-ring (bicyclic) bond motifs is 3. The van der Waals surface area contributed by atoms with Crippen LogP contribution in [0.4, 0.5) is 0 Å². The molecule has 3 aromatic rings. The van der Waals surface area contributed by atoms with E-state index in [1.54, 1.807) is 0 Å². The number of hydrogen-bond donors (Lipinski definition) is 0. The summed E-state index contributed by atoms with van der Waals surface area (Å²) in [4.78, 5) is 0. The molecule has 6 heteroatoms. The van der Waals surface area contributed by atoms with Crippen molar-refractivity contribution in [3.8, 4) is 11.5 Å². The Morgan fingerprint density at radius 3 is 2.60 bits per heavy atom. The van der Waals surface area contributed by atoms with Crippen molar-refractivity contribution in [1.29, 1.82) is 0 Å². The number of halogens is 2. The predicted octanol–water partition coefficient (Wildman–Crippen LogP) is 6.74. The van der Waals surface area contributed by atoms with Crippen molar-refractivity contribution in [2.24, 2.45) is 5.10 Å². The predicted molar refractivity (Wildman–Crippen MR) is 122 cm³/mol. The molecule has 30 heavy (non-hydrogen) atoms. The summed E-state index contributed by atoms with van der Waals surface area (Å²) >= 11 is 9.70. The van der Waals surface area contributed by atoms with Crippen LogP contribution < -0.4 is 9.47 Å². The highest BCUT2D eigenvalue weighted by Crippen LogP contribution is 2.48. The van der Waals surface area contributed by atoms with Crippen molar-refractivity contribution in [2.75, 3.05) is 6.61 Å². The minimum Gasteiger partial charge on any atom is -0.494 e. The van der Waals surface area contributed by atoms with Crippen LogP contribution in [0.3, 0.4) is 0 Å². The largest absolute Gasteiger partial charge is 0.494 e. The Kier molecular flexibility index (Phi) is 5.17. The van der Waals surface area contributed by atoms with Crippen molar-refractivity contribution in [3.05, 3.63) is 92.9 Å². The Hall–Kier alpha value is -2.50. The van der Waals surface area contributed by atoms with Gasteiger partial charge in [-0.1, -0.05) is 39.7 Å². The third-order valence-corrected chi connectivity index (χ3v) is 6.15. The molecule has 2 atom stereocenters. The lowest BCUT2D eigenvalue weighted by molar-refractivity contribution is -0.0190. The van der Waals surface area contributed by atoms with Crippen molar-refractivity contribution < 1.29 is 9.47 Å². The van der Waals surface area contributed by atoms with E-state index in [-0.39, 0.29) is 12.3 Å². The van der Waals surface area contributed by atoms with Crippen LogP contribution in [-0.2, 0) is 0 Å².